The molecule has 0 amide bonds. The Morgan fingerprint density at radius 3 is 2.43 bits per heavy atom. The molecule has 4 heteroatoms. The van der Waals surface area contributed by atoms with E-state index in [-0.39, 0.29) is 0 Å². The van der Waals surface area contributed by atoms with Gasteiger partial charge >= 0.3 is 0 Å². The highest BCUT2D eigenvalue weighted by Crippen LogP contribution is 2.38. The molecule has 28 heavy (non-hydrogen) atoms. The van der Waals surface area contributed by atoms with Gasteiger partial charge in [0.1, 0.15) is 0 Å². The number of fused-ring (bicyclic) bond motifs is 1. The van der Waals surface area contributed by atoms with Gasteiger partial charge in [-0.15, -0.1) is 11.8 Å². The van der Waals surface area contributed by atoms with E-state index in [4.69, 9.17) is 11.6 Å². The van der Waals surface area contributed by atoms with E-state index < -0.39 is 0 Å². The number of nitrogens with zero attached hydrogens (tertiary/aromatic N) is 1. The number of hydrogen-bond acceptors (Lipinski definition) is 2. The van der Waals surface area contributed by atoms with Gasteiger partial charge in [0.05, 0.1) is 11.8 Å². The van der Waals surface area contributed by atoms with Crippen LogP contribution < -0.4 is 0 Å². The zero-order valence-electron chi connectivity index (χ0n) is 15.0. The molecule has 0 atom stereocenters. The van der Waals surface area contributed by atoms with Crippen LogP contribution in [0.25, 0.3) is 28.2 Å². The van der Waals surface area contributed by atoms with Crippen molar-refractivity contribution in [3.8, 4) is 17.3 Å². The van der Waals surface area contributed by atoms with Crippen molar-refractivity contribution in [2.45, 2.75) is 4.90 Å². The SMILES string of the molecule is N#C/C(=C\c1ccc(Cl)cc1)CSc1c(-c2ccccc2)[nH]c2ccccc12. The summed E-state index contributed by atoms with van der Waals surface area (Å²) in [7, 11) is 0. The third-order valence-electron chi connectivity index (χ3n) is 4.45. The molecule has 0 aliphatic carbocycles. The average Bonchev–Trinajstić information content (AvgIpc) is 3.12. The molecule has 0 aliphatic heterocycles. The third-order valence-corrected chi connectivity index (χ3v) is 5.87. The van der Waals surface area contributed by atoms with Crippen LogP contribution in [-0.4, -0.2) is 10.7 Å². The van der Waals surface area contributed by atoms with E-state index in [1.54, 1.807) is 11.8 Å². The summed E-state index contributed by atoms with van der Waals surface area (Å²) in [5.74, 6) is 0.598. The molecule has 0 saturated heterocycles. The number of hydrogen-bond donors (Lipinski definition) is 1. The highest BCUT2D eigenvalue weighted by atomic mass is 35.5. The van der Waals surface area contributed by atoms with Gasteiger partial charge in [0.2, 0.25) is 0 Å². The number of nitrogens with one attached hydrogen (secondary N) is 1. The molecule has 136 valence electrons. The number of benzene rings is 3. The molecule has 4 aromatic rings. The second kappa shape index (κ2) is 8.39. The molecule has 4 rings (SSSR count). The van der Waals surface area contributed by atoms with Crippen molar-refractivity contribution in [2.24, 2.45) is 0 Å². The Labute approximate surface area is 173 Å². The first-order valence-corrected chi connectivity index (χ1v) is 10.3. The lowest BCUT2D eigenvalue weighted by Crippen LogP contribution is -1.87. The van der Waals surface area contributed by atoms with E-state index in [9.17, 15) is 5.26 Å². The van der Waals surface area contributed by atoms with E-state index in [1.165, 1.54) is 10.3 Å². The van der Waals surface area contributed by atoms with Crippen molar-refractivity contribution in [3.05, 3.63) is 95.0 Å². The molecule has 2 nitrogen and oxygen atoms in total. The summed E-state index contributed by atoms with van der Waals surface area (Å²) in [5.41, 5.74) is 5.03. The number of halogens is 1. The fourth-order valence-electron chi connectivity index (χ4n) is 3.09. The molecule has 0 unspecified atom stereocenters. The van der Waals surface area contributed by atoms with Gasteiger partial charge in [-0.25, -0.2) is 0 Å². The van der Waals surface area contributed by atoms with Gasteiger partial charge in [0.25, 0.3) is 0 Å². The summed E-state index contributed by atoms with van der Waals surface area (Å²) in [6.07, 6.45) is 1.92. The second-order valence-corrected chi connectivity index (χ2v) is 7.78. The second-order valence-electron chi connectivity index (χ2n) is 6.36. The standard InChI is InChI=1S/C24H17ClN2S/c25-20-12-10-17(11-13-20)14-18(15-26)16-28-24-21-8-4-5-9-22(21)27-23(24)19-6-2-1-3-7-19/h1-14,27H,16H2/b18-14+. The predicted octanol–water partition coefficient (Wildman–Crippen LogP) is 7.19. The monoisotopic (exact) mass is 400 g/mol. The van der Waals surface area contributed by atoms with Crippen LogP contribution in [0.15, 0.2) is 89.3 Å². The Hall–Kier alpha value is -2.93. The van der Waals surface area contributed by atoms with Crippen LogP contribution in [0.3, 0.4) is 0 Å². The van der Waals surface area contributed by atoms with Crippen LogP contribution in [0, 0.1) is 11.3 Å². The highest BCUT2D eigenvalue weighted by Gasteiger charge is 2.14. The molecule has 0 spiro atoms. The van der Waals surface area contributed by atoms with Gasteiger partial charge in [-0.3, -0.25) is 0 Å². The number of rotatable bonds is 5. The molecular weight excluding hydrogens is 384 g/mol. The smallest absolute Gasteiger partial charge is 0.0956 e. The largest absolute Gasteiger partial charge is 0.354 e. The maximum absolute atomic E-state index is 9.60. The maximum atomic E-state index is 9.60. The van der Waals surface area contributed by atoms with E-state index in [2.05, 4.69) is 35.3 Å². The first-order chi connectivity index (χ1) is 13.7. The lowest BCUT2D eigenvalue weighted by Gasteiger charge is -2.05. The summed E-state index contributed by atoms with van der Waals surface area (Å²) in [6.45, 7) is 0. The van der Waals surface area contributed by atoms with Gasteiger partial charge in [-0.1, -0.05) is 72.3 Å². The van der Waals surface area contributed by atoms with Gasteiger partial charge < -0.3 is 4.98 Å². The summed E-state index contributed by atoms with van der Waals surface area (Å²) in [6, 6.07) is 28.4. The summed E-state index contributed by atoms with van der Waals surface area (Å²) >= 11 is 7.63. The normalized spacial score (nSPS) is 11.5. The topological polar surface area (TPSA) is 39.6 Å². The molecule has 0 saturated carbocycles. The molecule has 1 heterocycles. The van der Waals surface area contributed by atoms with Crippen molar-refractivity contribution < 1.29 is 0 Å². The Kier molecular flexibility index (Phi) is 5.53. The molecule has 3 aromatic carbocycles. The van der Waals surface area contributed by atoms with E-state index >= 15 is 0 Å². The van der Waals surface area contributed by atoms with Crippen molar-refractivity contribution in [1.82, 2.24) is 4.98 Å². The number of thioether (sulfide) groups is 1. The zero-order valence-corrected chi connectivity index (χ0v) is 16.6. The Morgan fingerprint density at radius 1 is 0.964 bits per heavy atom. The van der Waals surface area contributed by atoms with Gasteiger partial charge in [-0.2, -0.15) is 5.26 Å². The quantitative estimate of drug-likeness (QED) is 0.284. The van der Waals surface area contributed by atoms with Crippen LogP contribution in [0.4, 0.5) is 0 Å². The molecular formula is C24H17ClN2S. The minimum absolute atomic E-state index is 0.598. The summed E-state index contributed by atoms with van der Waals surface area (Å²) < 4.78 is 0. The number of H-pyrrole nitrogens is 1. The Bertz CT molecular complexity index is 1170. The number of aromatic nitrogens is 1. The maximum Gasteiger partial charge on any atom is 0.0956 e. The van der Waals surface area contributed by atoms with E-state index in [0.717, 1.165) is 27.9 Å². The van der Waals surface area contributed by atoms with Crippen LogP contribution in [0.1, 0.15) is 5.56 Å². The highest BCUT2D eigenvalue weighted by molar-refractivity contribution is 7.99. The molecule has 0 radical (unpaired) electrons. The average molecular weight is 401 g/mol. The van der Waals surface area contributed by atoms with Crippen molar-refractivity contribution in [2.75, 3.05) is 5.75 Å². The van der Waals surface area contributed by atoms with E-state index in [1.807, 2.05) is 60.7 Å². The van der Waals surface area contributed by atoms with Crippen LogP contribution in [-0.2, 0) is 0 Å². The summed E-state index contributed by atoms with van der Waals surface area (Å²) in [5, 5.41) is 11.5. The third kappa shape index (κ3) is 3.99. The van der Waals surface area contributed by atoms with Crippen LogP contribution >= 0.6 is 23.4 Å². The van der Waals surface area contributed by atoms with Crippen molar-refractivity contribution >= 4 is 40.3 Å². The van der Waals surface area contributed by atoms with Crippen LogP contribution in [0.5, 0.6) is 0 Å². The van der Waals surface area contributed by atoms with Gasteiger partial charge in [0, 0.05) is 32.1 Å². The summed E-state index contributed by atoms with van der Waals surface area (Å²) in [4.78, 5) is 4.71. The van der Waals surface area contributed by atoms with Gasteiger partial charge in [0.15, 0.2) is 0 Å². The number of para-hydroxylation sites is 1. The predicted molar refractivity (Wildman–Crippen MR) is 120 cm³/mol. The van der Waals surface area contributed by atoms with Gasteiger partial charge in [-0.05, 0) is 35.4 Å². The Balaban J connectivity index is 1.67. The van der Waals surface area contributed by atoms with Crippen molar-refractivity contribution in [1.29, 1.82) is 5.26 Å². The first kappa shape index (κ1) is 18.4. The fraction of sp³-hybridized carbons (Fsp3) is 0.0417. The fourth-order valence-corrected chi connectivity index (χ4v) is 4.31. The molecule has 0 fully saturated rings. The molecule has 1 aromatic heterocycles. The van der Waals surface area contributed by atoms with Crippen molar-refractivity contribution in [3.63, 3.8) is 0 Å². The Morgan fingerprint density at radius 2 is 1.68 bits per heavy atom. The minimum Gasteiger partial charge on any atom is -0.354 e. The van der Waals surface area contributed by atoms with E-state index in [0.29, 0.717) is 10.8 Å². The first-order valence-electron chi connectivity index (χ1n) is 8.90. The molecule has 0 aliphatic rings. The molecule has 1 N–H and O–H groups in total. The lowest BCUT2D eigenvalue weighted by molar-refractivity contribution is 1.39. The number of aromatic amines is 1. The lowest BCUT2D eigenvalue weighted by atomic mass is 10.1. The zero-order chi connectivity index (χ0) is 19.3. The van der Waals surface area contributed by atoms with Crippen LogP contribution in [0.2, 0.25) is 5.02 Å². The number of nitriles is 1. The molecule has 0 bridgehead atoms. The minimum atomic E-state index is 0.598.